The van der Waals surface area contributed by atoms with Crippen LogP contribution in [0.3, 0.4) is 0 Å². The Balaban J connectivity index is 1.70. The topological polar surface area (TPSA) is 56.0 Å². The molecule has 2 aromatic heterocycles. The Morgan fingerprint density at radius 3 is 2.44 bits per heavy atom. The first-order chi connectivity index (χ1) is 12.8. The average Bonchev–Trinajstić information content (AvgIpc) is 3.09. The van der Waals surface area contributed by atoms with Gasteiger partial charge >= 0.3 is 0 Å². The van der Waals surface area contributed by atoms with E-state index in [-0.39, 0.29) is 5.91 Å². The first-order valence-corrected chi connectivity index (χ1v) is 9.65. The summed E-state index contributed by atoms with van der Waals surface area (Å²) in [7, 11) is 3.57. The highest BCUT2D eigenvalue weighted by Crippen LogP contribution is 2.21. The average molecular weight is 451 g/mol. The van der Waals surface area contributed by atoms with E-state index in [1.165, 1.54) is 0 Å². The van der Waals surface area contributed by atoms with E-state index in [4.69, 9.17) is 11.6 Å². The molecule has 0 aliphatic rings. The molecule has 0 fully saturated rings. The first kappa shape index (κ1) is 19.6. The Morgan fingerprint density at radius 1 is 1.26 bits per heavy atom. The van der Waals surface area contributed by atoms with Crippen molar-refractivity contribution >= 4 is 33.4 Å². The summed E-state index contributed by atoms with van der Waals surface area (Å²) in [6.45, 7) is 5.06. The highest BCUT2D eigenvalue weighted by atomic mass is 79.9. The number of halogens is 2. The van der Waals surface area contributed by atoms with E-state index in [1.54, 1.807) is 22.8 Å². The third kappa shape index (κ3) is 4.09. The number of carbonyl (C=O) groups excluding carboxylic acids is 1. The highest BCUT2D eigenvalue weighted by molar-refractivity contribution is 9.10. The molecule has 0 atom stereocenters. The fraction of sp³-hybridized carbons (Fsp3) is 0.316. The molecule has 0 saturated heterocycles. The number of aryl methyl sites for hydroxylation is 2. The summed E-state index contributed by atoms with van der Waals surface area (Å²) in [5.41, 5.74) is 4.57. The van der Waals surface area contributed by atoms with Crippen LogP contribution >= 0.6 is 27.5 Å². The van der Waals surface area contributed by atoms with Gasteiger partial charge in [0.15, 0.2) is 0 Å². The van der Waals surface area contributed by atoms with Crippen LogP contribution in [0.1, 0.15) is 33.0 Å². The van der Waals surface area contributed by atoms with Gasteiger partial charge in [0, 0.05) is 19.7 Å². The van der Waals surface area contributed by atoms with Crippen molar-refractivity contribution in [2.75, 3.05) is 7.05 Å². The Bertz CT molecular complexity index is 957. The summed E-state index contributed by atoms with van der Waals surface area (Å²) in [4.78, 5) is 14.3. The fourth-order valence-corrected chi connectivity index (χ4v) is 3.40. The summed E-state index contributed by atoms with van der Waals surface area (Å²) < 4.78 is 4.67. The molecule has 0 spiro atoms. The van der Waals surface area contributed by atoms with Crippen LogP contribution in [0.5, 0.6) is 0 Å². The van der Waals surface area contributed by atoms with Crippen molar-refractivity contribution in [2.45, 2.75) is 26.9 Å². The molecule has 8 heteroatoms. The predicted octanol–water partition coefficient (Wildman–Crippen LogP) is 3.97. The standard InChI is InChI=1S/C19H21BrClN5O/c1-12-18(20)13(2)26(23-12)10-14-5-7-15(8-6-14)19(27)24(3)11-17-16(21)9-22-25(17)4/h5-9H,10-11H2,1-4H3. The lowest BCUT2D eigenvalue weighted by Gasteiger charge is -2.18. The normalized spacial score (nSPS) is 11.0. The second-order valence-electron chi connectivity index (χ2n) is 6.56. The van der Waals surface area contributed by atoms with Gasteiger partial charge in [0.1, 0.15) is 0 Å². The number of hydrogen-bond donors (Lipinski definition) is 0. The van der Waals surface area contributed by atoms with E-state index in [0.29, 0.717) is 23.7 Å². The molecular weight excluding hydrogens is 430 g/mol. The van der Waals surface area contributed by atoms with Crippen molar-refractivity contribution in [1.82, 2.24) is 24.5 Å². The Kier molecular flexibility index (Phi) is 5.72. The summed E-state index contributed by atoms with van der Waals surface area (Å²) >= 11 is 9.68. The quantitative estimate of drug-likeness (QED) is 0.591. The highest BCUT2D eigenvalue weighted by Gasteiger charge is 2.16. The molecule has 0 unspecified atom stereocenters. The molecule has 2 heterocycles. The predicted molar refractivity (Wildman–Crippen MR) is 109 cm³/mol. The van der Waals surface area contributed by atoms with Crippen molar-refractivity contribution in [3.8, 4) is 0 Å². The van der Waals surface area contributed by atoms with Gasteiger partial charge < -0.3 is 4.90 Å². The molecule has 6 nitrogen and oxygen atoms in total. The summed E-state index contributed by atoms with van der Waals surface area (Å²) in [5.74, 6) is -0.0623. The number of hydrogen-bond acceptors (Lipinski definition) is 3. The largest absolute Gasteiger partial charge is 0.336 e. The van der Waals surface area contributed by atoms with Crippen LogP contribution in [-0.4, -0.2) is 37.4 Å². The molecule has 27 heavy (non-hydrogen) atoms. The van der Waals surface area contributed by atoms with Gasteiger partial charge in [-0.05, 0) is 47.5 Å². The Hall–Kier alpha value is -2.12. The van der Waals surface area contributed by atoms with Crippen molar-refractivity contribution in [3.05, 3.63) is 68.2 Å². The maximum atomic E-state index is 12.7. The zero-order chi connectivity index (χ0) is 19.7. The van der Waals surface area contributed by atoms with Crippen molar-refractivity contribution in [2.24, 2.45) is 7.05 Å². The van der Waals surface area contributed by atoms with Crippen LogP contribution in [0.4, 0.5) is 0 Å². The second-order valence-corrected chi connectivity index (χ2v) is 7.76. The molecular formula is C19H21BrClN5O. The van der Waals surface area contributed by atoms with Gasteiger partial charge in [-0.3, -0.25) is 14.2 Å². The summed E-state index contributed by atoms with van der Waals surface area (Å²) in [6, 6.07) is 7.62. The van der Waals surface area contributed by atoms with E-state index >= 15 is 0 Å². The Morgan fingerprint density at radius 2 is 1.93 bits per heavy atom. The second kappa shape index (κ2) is 7.86. The minimum atomic E-state index is -0.0623. The Labute approximate surface area is 171 Å². The summed E-state index contributed by atoms with van der Waals surface area (Å²) in [6.07, 6.45) is 1.58. The van der Waals surface area contributed by atoms with Gasteiger partial charge in [0.05, 0.1) is 45.9 Å². The third-order valence-corrected chi connectivity index (χ3v) is 6.03. The molecule has 142 valence electrons. The molecule has 1 amide bonds. The van der Waals surface area contributed by atoms with Crippen LogP contribution < -0.4 is 0 Å². The molecule has 3 rings (SSSR count). The SMILES string of the molecule is Cc1nn(Cc2ccc(C(=O)N(C)Cc3c(Cl)cnn3C)cc2)c(C)c1Br. The van der Waals surface area contributed by atoms with Gasteiger partial charge in [-0.15, -0.1) is 0 Å². The van der Waals surface area contributed by atoms with Gasteiger partial charge in [-0.25, -0.2) is 0 Å². The van der Waals surface area contributed by atoms with Gasteiger partial charge in [0.2, 0.25) is 0 Å². The van der Waals surface area contributed by atoms with Crippen LogP contribution in [0.15, 0.2) is 34.9 Å². The monoisotopic (exact) mass is 449 g/mol. The number of rotatable bonds is 5. The molecule has 0 aliphatic heterocycles. The van der Waals surface area contributed by atoms with Crippen LogP contribution in [-0.2, 0) is 20.1 Å². The van der Waals surface area contributed by atoms with Crippen LogP contribution in [0.2, 0.25) is 5.02 Å². The number of amides is 1. The van der Waals surface area contributed by atoms with E-state index in [1.807, 2.05) is 49.8 Å². The van der Waals surface area contributed by atoms with Gasteiger partial charge in [-0.1, -0.05) is 23.7 Å². The van der Waals surface area contributed by atoms with Crippen molar-refractivity contribution in [3.63, 3.8) is 0 Å². The smallest absolute Gasteiger partial charge is 0.253 e. The van der Waals surface area contributed by atoms with E-state index in [9.17, 15) is 4.79 Å². The van der Waals surface area contributed by atoms with Gasteiger partial charge in [0.25, 0.3) is 5.91 Å². The lowest BCUT2D eigenvalue weighted by atomic mass is 10.1. The molecule has 0 saturated carbocycles. The zero-order valence-corrected chi connectivity index (χ0v) is 18.0. The molecule has 0 radical (unpaired) electrons. The zero-order valence-electron chi connectivity index (χ0n) is 15.7. The van der Waals surface area contributed by atoms with Crippen molar-refractivity contribution in [1.29, 1.82) is 0 Å². The van der Waals surface area contributed by atoms with Crippen molar-refractivity contribution < 1.29 is 4.79 Å². The molecule has 0 bridgehead atoms. The molecule has 0 aliphatic carbocycles. The third-order valence-electron chi connectivity index (χ3n) is 4.57. The lowest BCUT2D eigenvalue weighted by Crippen LogP contribution is -2.27. The van der Waals surface area contributed by atoms with Crippen LogP contribution in [0.25, 0.3) is 0 Å². The summed E-state index contributed by atoms with van der Waals surface area (Å²) in [5, 5.41) is 9.18. The van der Waals surface area contributed by atoms with Crippen LogP contribution in [0, 0.1) is 13.8 Å². The van der Waals surface area contributed by atoms with E-state index in [0.717, 1.165) is 27.1 Å². The van der Waals surface area contributed by atoms with E-state index < -0.39 is 0 Å². The van der Waals surface area contributed by atoms with E-state index in [2.05, 4.69) is 26.1 Å². The number of benzene rings is 1. The minimum Gasteiger partial charge on any atom is -0.336 e. The minimum absolute atomic E-state index is 0.0623. The first-order valence-electron chi connectivity index (χ1n) is 8.48. The maximum absolute atomic E-state index is 12.7. The molecule has 1 aromatic carbocycles. The lowest BCUT2D eigenvalue weighted by molar-refractivity contribution is 0.0782. The molecule has 0 N–H and O–H groups in total. The number of nitrogens with zero attached hydrogens (tertiary/aromatic N) is 5. The fourth-order valence-electron chi connectivity index (χ4n) is 2.89. The number of aromatic nitrogens is 4. The number of carbonyl (C=O) groups is 1. The molecule has 3 aromatic rings. The van der Waals surface area contributed by atoms with Gasteiger partial charge in [-0.2, -0.15) is 10.2 Å². The maximum Gasteiger partial charge on any atom is 0.253 e.